The number of rotatable bonds is 1. The first-order chi connectivity index (χ1) is 6.18. The summed E-state index contributed by atoms with van der Waals surface area (Å²) in [5.74, 6) is -1.11. The molecule has 1 aliphatic rings. The molecule has 2 rings (SSSR count). The molecule has 1 N–H and O–H groups in total. The molecule has 1 aliphatic heterocycles. The Balaban J connectivity index is 2.48. The lowest BCUT2D eigenvalue weighted by atomic mass is 10.1. The van der Waals surface area contributed by atoms with Gasteiger partial charge in [-0.25, -0.2) is 4.79 Å². The third-order valence-corrected chi connectivity index (χ3v) is 2.06. The fraction of sp³-hybridized carbons (Fsp3) is 0.375. The number of carbonyl (C=O) groups is 2. The summed E-state index contributed by atoms with van der Waals surface area (Å²) >= 11 is 0. The van der Waals surface area contributed by atoms with Crippen LogP contribution in [0.25, 0.3) is 0 Å². The second kappa shape index (κ2) is 2.69. The molecule has 0 saturated carbocycles. The van der Waals surface area contributed by atoms with Crippen LogP contribution in [0, 0.1) is 0 Å². The second-order valence-electron chi connectivity index (χ2n) is 2.97. The third kappa shape index (κ3) is 1.22. The van der Waals surface area contributed by atoms with E-state index in [1.807, 2.05) is 0 Å². The number of aryl methyl sites for hydroxylation is 1. The van der Waals surface area contributed by atoms with Crippen LogP contribution in [0.5, 0.6) is 0 Å². The van der Waals surface area contributed by atoms with Gasteiger partial charge in [-0.15, -0.1) is 0 Å². The average Bonchev–Trinajstić information content (AvgIpc) is 2.49. The van der Waals surface area contributed by atoms with Gasteiger partial charge in [-0.1, -0.05) is 0 Å². The summed E-state index contributed by atoms with van der Waals surface area (Å²) < 4.78 is 1.47. The lowest BCUT2D eigenvalue weighted by Crippen LogP contribution is -2.17. The Labute approximate surface area is 74.0 Å². The van der Waals surface area contributed by atoms with Crippen molar-refractivity contribution < 1.29 is 14.7 Å². The summed E-state index contributed by atoms with van der Waals surface area (Å²) in [6.45, 7) is 0.633. The van der Waals surface area contributed by atoms with Crippen LogP contribution in [0.3, 0.4) is 0 Å². The van der Waals surface area contributed by atoms with E-state index in [1.165, 1.54) is 10.7 Å². The van der Waals surface area contributed by atoms with E-state index < -0.39 is 5.97 Å². The van der Waals surface area contributed by atoms with Crippen LogP contribution in [0.4, 0.5) is 0 Å². The number of nitrogens with zero attached hydrogens (tertiary/aromatic N) is 2. The molecule has 0 saturated heterocycles. The van der Waals surface area contributed by atoms with Crippen molar-refractivity contribution in [3.8, 4) is 0 Å². The van der Waals surface area contributed by atoms with E-state index in [2.05, 4.69) is 5.10 Å². The summed E-state index contributed by atoms with van der Waals surface area (Å²) in [6, 6.07) is 1.34. The van der Waals surface area contributed by atoms with E-state index in [-0.39, 0.29) is 11.5 Å². The minimum absolute atomic E-state index is 0.0220. The lowest BCUT2D eigenvalue weighted by Gasteiger charge is -2.10. The van der Waals surface area contributed by atoms with Gasteiger partial charge in [0, 0.05) is 19.0 Å². The van der Waals surface area contributed by atoms with Crippen molar-refractivity contribution in [3.63, 3.8) is 0 Å². The molecule has 0 radical (unpaired) electrons. The van der Waals surface area contributed by atoms with Crippen molar-refractivity contribution in [1.29, 1.82) is 0 Å². The van der Waals surface area contributed by atoms with Gasteiger partial charge < -0.3 is 5.11 Å². The summed E-state index contributed by atoms with van der Waals surface area (Å²) in [6.07, 6.45) is 1.23. The highest BCUT2D eigenvalue weighted by Gasteiger charge is 2.21. The Morgan fingerprint density at radius 2 is 2.38 bits per heavy atom. The number of carboxylic acid groups (broad SMARTS) is 1. The van der Waals surface area contributed by atoms with E-state index in [0.29, 0.717) is 18.7 Å². The van der Waals surface area contributed by atoms with Gasteiger partial charge in [-0.3, -0.25) is 9.48 Å². The van der Waals surface area contributed by atoms with E-state index in [9.17, 15) is 9.59 Å². The first kappa shape index (κ1) is 7.97. The second-order valence-corrected chi connectivity index (χ2v) is 2.97. The summed E-state index contributed by atoms with van der Waals surface area (Å²) in [7, 11) is 0. The van der Waals surface area contributed by atoms with Crippen LogP contribution >= 0.6 is 0 Å². The molecule has 0 fully saturated rings. The van der Waals surface area contributed by atoms with E-state index in [1.54, 1.807) is 0 Å². The third-order valence-electron chi connectivity index (χ3n) is 2.06. The molecule has 0 bridgehead atoms. The molecule has 1 aromatic rings. The summed E-state index contributed by atoms with van der Waals surface area (Å²) in [4.78, 5) is 21.8. The van der Waals surface area contributed by atoms with Crippen molar-refractivity contribution in [1.82, 2.24) is 9.78 Å². The van der Waals surface area contributed by atoms with E-state index in [4.69, 9.17) is 5.11 Å². The average molecular weight is 180 g/mol. The van der Waals surface area contributed by atoms with Crippen LogP contribution < -0.4 is 0 Å². The van der Waals surface area contributed by atoms with Crippen LogP contribution in [-0.2, 0) is 6.54 Å². The summed E-state index contributed by atoms with van der Waals surface area (Å²) in [5, 5.41) is 12.4. The minimum atomic E-state index is -1.09. The first-order valence-electron chi connectivity index (χ1n) is 4.03. The Bertz CT molecular complexity index is 381. The molecule has 0 atom stereocenters. The molecule has 0 aliphatic carbocycles. The first-order valence-corrected chi connectivity index (χ1v) is 4.03. The van der Waals surface area contributed by atoms with Crippen molar-refractivity contribution in [3.05, 3.63) is 17.5 Å². The quantitative estimate of drug-likeness (QED) is 0.685. The van der Waals surface area contributed by atoms with Gasteiger partial charge in [-0.05, 0) is 6.42 Å². The number of aromatic carboxylic acids is 1. The number of aromatic nitrogens is 2. The molecule has 1 aromatic heterocycles. The predicted molar refractivity (Wildman–Crippen MR) is 42.8 cm³/mol. The molecule has 0 amide bonds. The molecule has 0 spiro atoms. The molecular formula is C8H8N2O3. The maximum Gasteiger partial charge on any atom is 0.356 e. The zero-order chi connectivity index (χ0) is 9.42. The Kier molecular flexibility index (Phi) is 1.65. The lowest BCUT2D eigenvalue weighted by molar-refractivity contribution is 0.0689. The van der Waals surface area contributed by atoms with Crippen LogP contribution in [0.1, 0.15) is 33.8 Å². The number of Topliss-reactive ketones (excluding diaryl/α,β-unsaturated/α-hetero) is 1. The number of carboxylic acids is 1. The van der Waals surface area contributed by atoms with Crippen LogP contribution in [-0.4, -0.2) is 26.6 Å². The summed E-state index contributed by atoms with van der Waals surface area (Å²) in [5.41, 5.74) is 0.369. The molecule has 2 heterocycles. The number of hydrogen-bond donors (Lipinski definition) is 1. The highest BCUT2D eigenvalue weighted by Crippen LogP contribution is 2.15. The smallest absolute Gasteiger partial charge is 0.356 e. The molecule has 5 nitrogen and oxygen atoms in total. The zero-order valence-corrected chi connectivity index (χ0v) is 6.86. The van der Waals surface area contributed by atoms with Gasteiger partial charge in [0.2, 0.25) is 0 Å². The van der Waals surface area contributed by atoms with Gasteiger partial charge in [0.1, 0.15) is 5.69 Å². The van der Waals surface area contributed by atoms with Gasteiger partial charge in [0.15, 0.2) is 11.5 Å². The van der Waals surface area contributed by atoms with Crippen molar-refractivity contribution >= 4 is 11.8 Å². The maximum absolute atomic E-state index is 11.3. The molecular weight excluding hydrogens is 172 g/mol. The Morgan fingerprint density at radius 1 is 1.62 bits per heavy atom. The highest BCUT2D eigenvalue weighted by molar-refractivity contribution is 5.97. The monoisotopic (exact) mass is 180 g/mol. The molecule has 5 heteroatoms. The zero-order valence-electron chi connectivity index (χ0n) is 6.86. The molecule has 0 unspecified atom stereocenters. The van der Waals surface area contributed by atoms with Crippen LogP contribution in [0.15, 0.2) is 6.07 Å². The largest absolute Gasteiger partial charge is 0.476 e. The topological polar surface area (TPSA) is 72.2 Å². The van der Waals surface area contributed by atoms with E-state index >= 15 is 0 Å². The van der Waals surface area contributed by atoms with Gasteiger partial charge >= 0.3 is 5.97 Å². The number of fused-ring (bicyclic) bond motifs is 1. The van der Waals surface area contributed by atoms with Crippen molar-refractivity contribution in [2.75, 3.05) is 0 Å². The van der Waals surface area contributed by atoms with E-state index in [0.717, 1.165) is 6.42 Å². The van der Waals surface area contributed by atoms with Gasteiger partial charge in [0.25, 0.3) is 0 Å². The van der Waals surface area contributed by atoms with Crippen molar-refractivity contribution in [2.45, 2.75) is 19.4 Å². The molecule has 68 valence electrons. The van der Waals surface area contributed by atoms with Gasteiger partial charge in [-0.2, -0.15) is 5.10 Å². The number of carbonyl (C=O) groups excluding carboxylic acids is 1. The molecule has 0 aromatic carbocycles. The highest BCUT2D eigenvalue weighted by atomic mass is 16.4. The normalized spacial score (nSPS) is 15.5. The SMILES string of the molecule is O=C(O)c1cc2n(n1)CCCC2=O. The fourth-order valence-corrected chi connectivity index (χ4v) is 1.43. The Hall–Kier alpha value is -1.65. The standard InChI is InChI=1S/C8H8N2O3/c11-7-2-1-3-10-6(7)4-5(9-10)8(12)13/h4H,1-3H2,(H,12,13). The number of ketones is 1. The predicted octanol–water partition coefficient (Wildman–Crippen LogP) is 0.558. The maximum atomic E-state index is 11.3. The number of hydrogen-bond acceptors (Lipinski definition) is 3. The van der Waals surface area contributed by atoms with Crippen molar-refractivity contribution in [2.24, 2.45) is 0 Å². The van der Waals surface area contributed by atoms with Crippen LogP contribution in [0.2, 0.25) is 0 Å². The minimum Gasteiger partial charge on any atom is -0.476 e. The van der Waals surface area contributed by atoms with Gasteiger partial charge in [0.05, 0.1) is 0 Å². The molecule has 13 heavy (non-hydrogen) atoms. The Morgan fingerprint density at radius 3 is 3.00 bits per heavy atom. The fourth-order valence-electron chi connectivity index (χ4n) is 1.43.